The number of rotatable bonds is 4. The van der Waals surface area contributed by atoms with E-state index in [-0.39, 0.29) is 35.2 Å². The van der Waals surface area contributed by atoms with E-state index in [0.717, 1.165) is 16.9 Å². The summed E-state index contributed by atoms with van der Waals surface area (Å²) in [6, 6.07) is 9.24. The highest BCUT2D eigenvalue weighted by molar-refractivity contribution is 6.30. The molecule has 0 N–H and O–H groups in total. The van der Waals surface area contributed by atoms with Crippen molar-refractivity contribution in [2.45, 2.75) is 6.18 Å². The quantitative estimate of drug-likeness (QED) is 0.416. The normalized spacial score (nSPS) is 14.4. The molecule has 4 rings (SSSR count). The van der Waals surface area contributed by atoms with Crippen molar-refractivity contribution in [2.75, 3.05) is 31.1 Å². The van der Waals surface area contributed by atoms with E-state index in [1.165, 1.54) is 29.2 Å². The predicted octanol–water partition coefficient (Wildman–Crippen LogP) is 3.81. The number of carbonyl (C=O) groups is 1. The number of nitro groups is 1. The van der Waals surface area contributed by atoms with E-state index in [9.17, 15) is 28.1 Å². The Morgan fingerprint density at radius 3 is 2.42 bits per heavy atom. The van der Waals surface area contributed by atoms with Crippen LogP contribution >= 0.6 is 11.6 Å². The van der Waals surface area contributed by atoms with Gasteiger partial charge in [0.1, 0.15) is 5.69 Å². The van der Waals surface area contributed by atoms with Crippen LogP contribution in [0, 0.1) is 10.1 Å². The molecule has 0 spiro atoms. The number of hydrogen-bond acceptors (Lipinski definition) is 6. The minimum atomic E-state index is -4.59. The second-order valence-corrected chi connectivity index (χ2v) is 7.67. The molecule has 1 aliphatic heterocycles. The van der Waals surface area contributed by atoms with E-state index in [1.54, 1.807) is 17.0 Å². The maximum absolute atomic E-state index is 13.3. The van der Waals surface area contributed by atoms with Gasteiger partial charge in [-0.05, 0) is 24.3 Å². The highest BCUT2D eigenvalue weighted by Crippen LogP contribution is 2.34. The molecule has 0 saturated carbocycles. The second-order valence-electron chi connectivity index (χ2n) is 7.23. The number of benzene rings is 2. The molecule has 1 fully saturated rings. The molecule has 33 heavy (non-hydrogen) atoms. The van der Waals surface area contributed by atoms with Crippen LogP contribution in [0.25, 0.3) is 5.69 Å². The average Bonchev–Trinajstić information content (AvgIpc) is 3.28. The third kappa shape index (κ3) is 4.60. The third-order valence-electron chi connectivity index (χ3n) is 5.21. The van der Waals surface area contributed by atoms with Gasteiger partial charge >= 0.3 is 6.18 Å². The summed E-state index contributed by atoms with van der Waals surface area (Å²) < 4.78 is 40.7. The maximum atomic E-state index is 13.3. The number of hydrogen-bond donors (Lipinski definition) is 0. The summed E-state index contributed by atoms with van der Waals surface area (Å²) in [6.45, 7) is 1.12. The first-order valence-corrected chi connectivity index (χ1v) is 10.1. The Kier molecular flexibility index (Phi) is 5.93. The van der Waals surface area contributed by atoms with Gasteiger partial charge in [0, 0.05) is 37.3 Å². The number of aromatic nitrogens is 3. The molecule has 0 unspecified atom stereocenters. The Labute approximate surface area is 190 Å². The maximum Gasteiger partial charge on any atom is 0.418 e. The minimum Gasteiger partial charge on any atom is -0.362 e. The first-order chi connectivity index (χ1) is 15.6. The Balaban J connectivity index is 1.48. The van der Waals surface area contributed by atoms with Crippen molar-refractivity contribution in [1.82, 2.24) is 19.9 Å². The number of nitrogens with zero attached hydrogens (tertiary/aromatic N) is 6. The number of para-hydroxylation sites is 1. The van der Waals surface area contributed by atoms with E-state index < -0.39 is 22.6 Å². The number of halogens is 4. The van der Waals surface area contributed by atoms with Crippen LogP contribution in [0.15, 0.2) is 48.7 Å². The van der Waals surface area contributed by atoms with Crippen LogP contribution in [-0.4, -0.2) is 56.9 Å². The third-order valence-corrected chi connectivity index (χ3v) is 5.45. The summed E-state index contributed by atoms with van der Waals surface area (Å²) in [5.74, 6) is -0.490. The molecule has 0 radical (unpaired) electrons. The van der Waals surface area contributed by atoms with Gasteiger partial charge < -0.3 is 9.80 Å². The topological polar surface area (TPSA) is 97.4 Å². The molecule has 1 saturated heterocycles. The molecule has 3 aromatic rings. The lowest BCUT2D eigenvalue weighted by molar-refractivity contribution is -0.384. The Bertz CT molecular complexity index is 1210. The lowest BCUT2D eigenvalue weighted by Gasteiger charge is -2.35. The molecule has 1 amide bonds. The van der Waals surface area contributed by atoms with Gasteiger partial charge in [0.2, 0.25) is 0 Å². The zero-order chi connectivity index (χ0) is 23.8. The van der Waals surface area contributed by atoms with Gasteiger partial charge in [-0.1, -0.05) is 28.9 Å². The summed E-state index contributed by atoms with van der Waals surface area (Å²) >= 11 is 5.86. The fourth-order valence-corrected chi connectivity index (χ4v) is 3.78. The van der Waals surface area contributed by atoms with Gasteiger partial charge in [-0.25, -0.2) is 4.68 Å². The Hall–Kier alpha value is -3.67. The van der Waals surface area contributed by atoms with Crippen LogP contribution in [0.3, 0.4) is 0 Å². The molecule has 0 bridgehead atoms. The van der Waals surface area contributed by atoms with Crippen molar-refractivity contribution in [2.24, 2.45) is 0 Å². The zero-order valence-electron chi connectivity index (χ0n) is 16.9. The Morgan fingerprint density at radius 1 is 1.06 bits per heavy atom. The Morgan fingerprint density at radius 2 is 1.76 bits per heavy atom. The van der Waals surface area contributed by atoms with Gasteiger partial charge in [0.05, 0.1) is 22.4 Å². The van der Waals surface area contributed by atoms with Gasteiger partial charge in [0.15, 0.2) is 5.69 Å². The smallest absolute Gasteiger partial charge is 0.362 e. The number of alkyl halides is 3. The lowest BCUT2D eigenvalue weighted by Crippen LogP contribution is -2.49. The van der Waals surface area contributed by atoms with Gasteiger partial charge in [-0.2, -0.15) is 13.2 Å². The molecule has 13 heteroatoms. The van der Waals surface area contributed by atoms with Gasteiger partial charge in [0.25, 0.3) is 11.6 Å². The van der Waals surface area contributed by atoms with Crippen LogP contribution in [0.1, 0.15) is 16.1 Å². The second kappa shape index (κ2) is 8.70. The van der Waals surface area contributed by atoms with Gasteiger partial charge in [-0.3, -0.25) is 14.9 Å². The average molecular weight is 481 g/mol. The summed E-state index contributed by atoms with van der Waals surface area (Å²) in [4.78, 5) is 26.9. The fourth-order valence-electron chi connectivity index (χ4n) is 3.62. The van der Waals surface area contributed by atoms with Crippen LogP contribution in [0.4, 0.5) is 24.5 Å². The molecule has 0 atom stereocenters. The molecule has 172 valence electrons. The van der Waals surface area contributed by atoms with Gasteiger partial charge in [-0.15, -0.1) is 5.10 Å². The molecular weight excluding hydrogens is 465 g/mol. The van der Waals surface area contributed by atoms with E-state index in [2.05, 4.69) is 10.3 Å². The van der Waals surface area contributed by atoms with Crippen molar-refractivity contribution in [3.8, 4) is 5.69 Å². The van der Waals surface area contributed by atoms with Crippen molar-refractivity contribution in [3.05, 3.63) is 75.1 Å². The summed E-state index contributed by atoms with van der Waals surface area (Å²) in [5, 5.41) is 19.0. The lowest BCUT2D eigenvalue weighted by atomic mass is 10.1. The summed E-state index contributed by atoms with van der Waals surface area (Å²) in [7, 11) is 0. The number of anilines is 1. The molecule has 1 aromatic heterocycles. The number of piperazine rings is 1. The largest absolute Gasteiger partial charge is 0.418 e. The van der Waals surface area contributed by atoms with Crippen LogP contribution in [-0.2, 0) is 6.18 Å². The van der Waals surface area contributed by atoms with Crippen molar-refractivity contribution in [3.63, 3.8) is 0 Å². The van der Waals surface area contributed by atoms with Crippen molar-refractivity contribution < 1.29 is 22.9 Å². The molecular formula is C20H16ClF3N6O3. The van der Waals surface area contributed by atoms with Crippen molar-refractivity contribution >= 4 is 28.9 Å². The molecule has 2 aromatic carbocycles. The summed E-state index contributed by atoms with van der Waals surface area (Å²) in [5.41, 5.74) is -0.971. The summed E-state index contributed by atoms with van der Waals surface area (Å²) in [6.07, 6.45) is -3.43. The number of carbonyl (C=O) groups excluding carboxylic acids is 1. The number of nitro benzene ring substituents is 1. The standard InChI is InChI=1S/C20H16ClF3N6O3/c21-13-5-6-17(18(11-13)30(32)33)27-7-9-28(10-8-27)19(31)15-12-29(26-25-15)16-4-2-1-3-14(16)20(22,23)24/h1-6,11-12H,7-10H2. The predicted molar refractivity (Wildman–Crippen MR) is 113 cm³/mol. The molecule has 1 aliphatic rings. The molecule has 0 aliphatic carbocycles. The SMILES string of the molecule is O=C(c1cn(-c2ccccc2C(F)(F)F)nn1)N1CCN(c2ccc(Cl)cc2[N+](=O)[O-])CC1. The van der Waals surface area contributed by atoms with E-state index in [1.807, 2.05) is 0 Å². The number of amides is 1. The monoisotopic (exact) mass is 480 g/mol. The highest BCUT2D eigenvalue weighted by Gasteiger charge is 2.34. The van der Waals surface area contributed by atoms with E-state index in [4.69, 9.17) is 11.6 Å². The van der Waals surface area contributed by atoms with Crippen molar-refractivity contribution in [1.29, 1.82) is 0 Å². The molecule has 9 nitrogen and oxygen atoms in total. The highest BCUT2D eigenvalue weighted by atomic mass is 35.5. The van der Waals surface area contributed by atoms with E-state index >= 15 is 0 Å². The van der Waals surface area contributed by atoms with Crippen LogP contribution < -0.4 is 4.90 Å². The van der Waals surface area contributed by atoms with E-state index in [0.29, 0.717) is 18.8 Å². The first-order valence-electron chi connectivity index (χ1n) is 9.72. The van der Waals surface area contributed by atoms with Crippen LogP contribution in [0.2, 0.25) is 5.02 Å². The zero-order valence-corrected chi connectivity index (χ0v) is 17.6. The fraction of sp³-hybridized carbons (Fsp3) is 0.250. The minimum absolute atomic E-state index is 0.0992. The molecule has 2 heterocycles. The first kappa shape index (κ1) is 22.5. The van der Waals surface area contributed by atoms with Crippen LogP contribution in [0.5, 0.6) is 0 Å².